The normalized spacial score (nSPS) is 10.4. The number of benzene rings is 1. The first-order valence-corrected chi connectivity index (χ1v) is 5.33. The van der Waals surface area contributed by atoms with E-state index in [-0.39, 0.29) is 10.7 Å². The molecule has 16 heavy (non-hydrogen) atoms. The van der Waals surface area contributed by atoms with E-state index in [1.54, 1.807) is 6.07 Å². The number of nitrogens with zero attached hydrogens (tertiary/aromatic N) is 2. The molecule has 2 rings (SSSR count). The summed E-state index contributed by atoms with van der Waals surface area (Å²) in [5.74, 6) is -0.615. The van der Waals surface area contributed by atoms with Crippen LogP contribution in [0.25, 0.3) is 0 Å². The lowest BCUT2D eigenvalue weighted by molar-refractivity contribution is 0.101. The lowest BCUT2D eigenvalue weighted by Gasteiger charge is -2.05. The second-order valence-electron chi connectivity index (χ2n) is 3.07. The van der Waals surface area contributed by atoms with Crippen molar-refractivity contribution >= 4 is 17.5 Å². The third-order valence-corrected chi connectivity index (χ3v) is 2.95. The summed E-state index contributed by atoms with van der Waals surface area (Å²) in [6.45, 7) is 1.40. The van der Waals surface area contributed by atoms with Crippen molar-refractivity contribution in [2.24, 2.45) is 0 Å². The number of Topliss-reactive ketones (excluding diaryl/α,β-unsaturated/α-hetero) is 1. The molecule has 1 aromatic heterocycles. The molecule has 0 amide bonds. The molecule has 1 aromatic carbocycles. The highest BCUT2D eigenvalue weighted by Gasteiger charge is 2.14. The summed E-state index contributed by atoms with van der Waals surface area (Å²) in [5.41, 5.74) is 0.349. The van der Waals surface area contributed by atoms with Crippen LogP contribution in [0, 0.1) is 5.82 Å². The first-order valence-electron chi connectivity index (χ1n) is 4.51. The molecule has 1 N–H and O–H groups in total. The van der Waals surface area contributed by atoms with Crippen LogP contribution in [0.15, 0.2) is 34.6 Å². The minimum absolute atomic E-state index is 0.179. The van der Waals surface area contributed by atoms with Gasteiger partial charge in [-0.15, -0.1) is 0 Å². The Morgan fingerprint density at radius 3 is 2.94 bits per heavy atom. The first-order chi connectivity index (χ1) is 7.68. The van der Waals surface area contributed by atoms with E-state index >= 15 is 0 Å². The van der Waals surface area contributed by atoms with Crippen molar-refractivity contribution in [1.82, 2.24) is 15.2 Å². The second-order valence-corrected chi connectivity index (χ2v) is 4.06. The summed E-state index contributed by atoms with van der Waals surface area (Å²) in [7, 11) is 0. The Bertz CT molecular complexity index is 513. The van der Waals surface area contributed by atoms with Gasteiger partial charge in [-0.25, -0.2) is 9.37 Å². The fourth-order valence-electron chi connectivity index (χ4n) is 1.23. The summed E-state index contributed by atoms with van der Waals surface area (Å²) in [4.78, 5) is 15.5. The van der Waals surface area contributed by atoms with Gasteiger partial charge in [0.1, 0.15) is 12.1 Å². The monoisotopic (exact) mass is 237 g/mol. The van der Waals surface area contributed by atoms with E-state index in [1.807, 2.05) is 0 Å². The van der Waals surface area contributed by atoms with Gasteiger partial charge >= 0.3 is 0 Å². The number of aromatic nitrogens is 3. The smallest absolute Gasteiger partial charge is 0.188 e. The standard InChI is InChI=1S/C10H8FN3OS/c1-6(15)7-3-2-4-8(11)9(7)16-10-12-5-13-14-10/h2-5H,1H3,(H,12,13,14). The van der Waals surface area contributed by atoms with Gasteiger partial charge in [-0.3, -0.25) is 9.89 Å². The quantitative estimate of drug-likeness (QED) is 0.832. The zero-order chi connectivity index (χ0) is 11.5. The van der Waals surface area contributed by atoms with E-state index in [2.05, 4.69) is 15.2 Å². The van der Waals surface area contributed by atoms with E-state index in [0.717, 1.165) is 11.8 Å². The summed E-state index contributed by atoms with van der Waals surface area (Å²) >= 11 is 1.05. The average molecular weight is 237 g/mol. The Kier molecular flexibility index (Phi) is 3.00. The topological polar surface area (TPSA) is 58.6 Å². The molecular formula is C10H8FN3OS. The zero-order valence-corrected chi connectivity index (χ0v) is 9.21. The zero-order valence-electron chi connectivity index (χ0n) is 8.40. The molecule has 82 valence electrons. The van der Waals surface area contributed by atoms with E-state index < -0.39 is 5.82 Å². The molecular weight excluding hydrogens is 229 g/mol. The number of H-pyrrole nitrogens is 1. The predicted octanol–water partition coefficient (Wildman–Crippen LogP) is 2.30. The lowest BCUT2D eigenvalue weighted by Crippen LogP contribution is -1.97. The molecule has 0 saturated heterocycles. The minimum atomic E-state index is -0.436. The van der Waals surface area contributed by atoms with E-state index in [0.29, 0.717) is 10.7 Å². The number of hydrogen-bond acceptors (Lipinski definition) is 4. The van der Waals surface area contributed by atoms with Crippen LogP contribution in [0.5, 0.6) is 0 Å². The third-order valence-electron chi connectivity index (χ3n) is 1.94. The number of rotatable bonds is 3. The number of halogens is 1. The van der Waals surface area contributed by atoms with Crippen LogP contribution in [0.4, 0.5) is 4.39 Å². The molecule has 0 aliphatic rings. The molecule has 0 saturated carbocycles. The number of carbonyl (C=O) groups excluding carboxylic acids is 1. The van der Waals surface area contributed by atoms with Crippen LogP contribution in [-0.4, -0.2) is 21.0 Å². The molecule has 2 aromatic rings. The lowest BCUT2D eigenvalue weighted by atomic mass is 10.1. The molecule has 0 aliphatic carbocycles. The van der Waals surface area contributed by atoms with Gasteiger partial charge in [-0.2, -0.15) is 5.10 Å². The van der Waals surface area contributed by atoms with E-state index in [1.165, 1.54) is 25.4 Å². The first kappa shape index (κ1) is 10.8. The molecule has 0 radical (unpaired) electrons. The molecule has 4 nitrogen and oxygen atoms in total. The van der Waals surface area contributed by atoms with Crippen molar-refractivity contribution < 1.29 is 9.18 Å². The van der Waals surface area contributed by atoms with Gasteiger partial charge in [0.15, 0.2) is 10.9 Å². The predicted molar refractivity (Wildman–Crippen MR) is 56.9 cm³/mol. The fourth-order valence-corrected chi connectivity index (χ4v) is 2.11. The number of ketones is 1. The Labute approximate surface area is 95.3 Å². The van der Waals surface area contributed by atoms with Gasteiger partial charge in [-0.1, -0.05) is 12.1 Å². The summed E-state index contributed by atoms with van der Waals surface area (Å²) in [6, 6.07) is 4.41. The fraction of sp³-hybridized carbons (Fsp3) is 0.100. The second kappa shape index (κ2) is 4.44. The van der Waals surface area contributed by atoms with Gasteiger partial charge in [0.05, 0.1) is 4.90 Å². The molecule has 6 heteroatoms. The highest BCUT2D eigenvalue weighted by atomic mass is 32.2. The van der Waals surface area contributed by atoms with Crippen molar-refractivity contribution in [3.8, 4) is 0 Å². The Hall–Kier alpha value is -1.69. The van der Waals surface area contributed by atoms with Crippen LogP contribution >= 0.6 is 11.8 Å². The Balaban J connectivity index is 2.42. The van der Waals surface area contributed by atoms with Gasteiger partial charge < -0.3 is 0 Å². The van der Waals surface area contributed by atoms with Gasteiger partial charge in [0.2, 0.25) is 0 Å². The van der Waals surface area contributed by atoms with Crippen LogP contribution in [-0.2, 0) is 0 Å². The Morgan fingerprint density at radius 2 is 2.31 bits per heavy atom. The summed E-state index contributed by atoms with van der Waals surface area (Å²) < 4.78 is 13.6. The number of carbonyl (C=O) groups is 1. The summed E-state index contributed by atoms with van der Waals surface area (Å²) in [6.07, 6.45) is 1.33. The maximum absolute atomic E-state index is 13.6. The van der Waals surface area contributed by atoms with Gasteiger partial charge in [0.25, 0.3) is 0 Å². The molecule has 0 bridgehead atoms. The molecule has 0 spiro atoms. The molecule has 0 fully saturated rings. The van der Waals surface area contributed by atoms with Crippen LogP contribution in [0.1, 0.15) is 17.3 Å². The number of aromatic amines is 1. The molecule has 0 atom stereocenters. The minimum Gasteiger partial charge on any atom is -0.294 e. The Morgan fingerprint density at radius 1 is 1.50 bits per heavy atom. The van der Waals surface area contributed by atoms with Crippen LogP contribution in [0.3, 0.4) is 0 Å². The highest BCUT2D eigenvalue weighted by molar-refractivity contribution is 7.99. The molecule has 0 unspecified atom stereocenters. The van der Waals surface area contributed by atoms with Crippen molar-refractivity contribution in [2.45, 2.75) is 17.0 Å². The number of nitrogens with one attached hydrogen (secondary N) is 1. The van der Waals surface area contributed by atoms with Gasteiger partial charge in [-0.05, 0) is 24.8 Å². The van der Waals surface area contributed by atoms with Crippen molar-refractivity contribution in [1.29, 1.82) is 0 Å². The highest BCUT2D eigenvalue weighted by Crippen LogP contribution is 2.30. The van der Waals surface area contributed by atoms with E-state index in [4.69, 9.17) is 0 Å². The average Bonchev–Trinajstić information content (AvgIpc) is 2.73. The van der Waals surface area contributed by atoms with Crippen LogP contribution < -0.4 is 0 Å². The van der Waals surface area contributed by atoms with Gasteiger partial charge in [0, 0.05) is 5.56 Å². The SMILES string of the molecule is CC(=O)c1cccc(F)c1Sc1ncn[nH]1. The number of hydrogen-bond donors (Lipinski definition) is 1. The maximum atomic E-state index is 13.6. The van der Waals surface area contributed by atoms with Crippen molar-refractivity contribution in [2.75, 3.05) is 0 Å². The van der Waals surface area contributed by atoms with Crippen molar-refractivity contribution in [3.63, 3.8) is 0 Å². The largest absolute Gasteiger partial charge is 0.294 e. The maximum Gasteiger partial charge on any atom is 0.188 e. The van der Waals surface area contributed by atoms with E-state index in [9.17, 15) is 9.18 Å². The third kappa shape index (κ3) is 2.11. The van der Waals surface area contributed by atoms with Crippen LogP contribution in [0.2, 0.25) is 0 Å². The van der Waals surface area contributed by atoms with Crippen molar-refractivity contribution in [3.05, 3.63) is 35.9 Å². The molecule has 1 heterocycles. The summed E-state index contributed by atoms with van der Waals surface area (Å²) in [5, 5.41) is 6.71. The molecule has 0 aliphatic heterocycles.